The molecule has 0 aliphatic rings. The largest absolute Gasteiger partial charge is 0.496 e. The summed E-state index contributed by atoms with van der Waals surface area (Å²) in [6, 6.07) is 3.60. The Kier molecular flexibility index (Phi) is 2.43. The lowest BCUT2D eigenvalue weighted by Crippen LogP contribution is -2.01. The molecule has 4 N–H and O–H groups in total. The molecule has 0 heterocycles. The SMILES string of the molecule is CCc1c(OC)ccc(N)c1N. The predicted molar refractivity (Wildman–Crippen MR) is 51.2 cm³/mol. The third kappa shape index (κ3) is 1.30. The van der Waals surface area contributed by atoms with E-state index in [1.54, 1.807) is 13.2 Å². The molecule has 1 aromatic carbocycles. The van der Waals surface area contributed by atoms with E-state index in [9.17, 15) is 0 Å². The summed E-state index contributed by atoms with van der Waals surface area (Å²) in [6.07, 6.45) is 0.833. The van der Waals surface area contributed by atoms with E-state index in [0.29, 0.717) is 11.4 Å². The van der Waals surface area contributed by atoms with Crippen LogP contribution < -0.4 is 16.2 Å². The van der Waals surface area contributed by atoms with Crippen LogP contribution in [0, 0.1) is 0 Å². The zero-order valence-corrected chi connectivity index (χ0v) is 7.42. The van der Waals surface area contributed by atoms with Crippen molar-refractivity contribution in [3.63, 3.8) is 0 Å². The monoisotopic (exact) mass is 166 g/mol. The van der Waals surface area contributed by atoms with Gasteiger partial charge in [-0.3, -0.25) is 0 Å². The van der Waals surface area contributed by atoms with E-state index >= 15 is 0 Å². The number of hydrogen-bond acceptors (Lipinski definition) is 3. The van der Waals surface area contributed by atoms with Crippen molar-refractivity contribution in [1.29, 1.82) is 0 Å². The molecule has 3 heteroatoms. The molecule has 0 aromatic heterocycles. The highest BCUT2D eigenvalue weighted by Crippen LogP contribution is 2.29. The van der Waals surface area contributed by atoms with Gasteiger partial charge in [0.2, 0.25) is 0 Å². The summed E-state index contributed by atoms with van der Waals surface area (Å²) in [6.45, 7) is 2.02. The Labute approximate surface area is 72.3 Å². The van der Waals surface area contributed by atoms with Gasteiger partial charge in [-0.05, 0) is 18.6 Å². The molecule has 0 bridgehead atoms. The topological polar surface area (TPSA) is 61.3 Å². The quantitative estimate of drug-likeness (QED) is 0.653. The van der Waals surface area contributed by atoms with E-state index in [1.165, 1.54) is 0 Å². The van der Waals surface area contributed by atoms with Gasteiger partial charge in [-0.1, -0.05) is 6.92 Å². The molecule has 0 saturated carbocycles. The van der Waals surface area contributed by atoms with Crippen LogP contribution in [-0.4, -0.2) is 7.11 Å². The number of methoxy groups -OCH3 is 1. The minimum absolute atomic E-state index is 0.618. The first-order chi connectivity index (χ1) is 5.70. The molecule has 0 atom stereocenters. The van der Waals surface area contributed by atoms with Gasteiger partial charge < -0.3 is 16.2 Å². The molecule has 0 aliphatic heterocycles. The summed E-state index contributed by atoms with van der Waals surface area (Å²) >= 11 is 0. The van der Waals surface area contributed by atoms with Crippen LogP contribution in [0.4, 0.5) is 11.4 Å². The van der Waals surface area contributed by atoms with Gasteiger partial charge in [-0.2, -0.15) is 0 Å². The highest BCUT2D eigenvalue weighted by Gasteiger charge is 2.06. The Morgan fingerprint density at radius 1 is 1.33 bits per heavy atom. The molecule has 66 valence electrons. The fraction of sp³-hybridized carbons (Fsp3) is 0.333. The Morgan fingerprint density at radius 3 is 2.50 bits per heavy atom. The molecule has 0 aliphatic carbocycles. The highest BCUT2D eigenvalue weighted by molar-refractivity contribution is 5.70. The number of rotatable bonds is 2. The summed E-state index contributed by atoms with van der Waals surface area (Å²) in [7, 11) is 1.63. The maximum atomic E-state index is 5.76. The zero-order chi connectivity index (χ0) is 9.14. The van der Waals surface area contributed by atoms with E-state index in [2.05, 4.69) is 0 Å². The van der Waals surface area contributed by atoms with Gasteiger partial charge in [0, 0.05) is 5.56 Å². The lowest BCUT2D eigenvalue weighted by atomic mass is 10.1. The first kappa shape index (κ1) is 8.71. The van der Waals surface area contributed by atoms with Gasteiger partial charge in [0.15, 0.2) is 0 Å². The first-order valence-electron chi connectivity index (χ1n) is 3.91. The second-order valence-corrected chi connectivity index (χ2v) is 2.60. The van der Waals surface area contributed by atoms with Crippen molar-refractivity contribution in [1.82, 2.24) is 0 Å². The number of nitrogens with two attached hydrogens (primary N) is 2. The number of ether oxygens (including phenoxy) is 1. The van der Waals surface area contributed by atoms with Crippen LogP contribution in [0.3, 0.4) is 0 Å². The number of nitrogen functional groups attached to an aromatic ring is 2. The van der Waals surface area contributed by atoms with Gasteiger partial charge >= 0.3 is 0 Å². The molecule has 1 aromatic rings. The lowest BCUT2D eigenvalue weighted by Gasteiger charge is -2.10. The average molecular weight is 166 g/mol. The van der Waals surface area contributed by atoms with Gasteiger partial charge in [-0.15, -0.1) is 0 Å². The standard InChI is InChI=1S/C9H14N2O/c1-3-6-8(12-2)5-4-7(10)9(6)11/h4-5H,3,10-11H2,1-2H3. The molecule has 0 spiro atoms. The van der Waals surface area contributed by atoms with Crippen molar-refractivity contribution < 1.29 is 4.74 Å². The Balaban J connectivity index is 3.25. The second kappa shape index (κ2) is 3.34. The van der Waals surface area contributed by atoms with E-state index in [1.807, 2.05) is 13.0 Å². The van der Waals surface area contributed by atoms with Crippen molar-refractivity contribution in [2.45, 2.75) is 13.3 Å². The lowest BCUT2D eigenvalue weighted by molar-refractivity contribution is 0.410. The Morgan fingerprint density at radius 2 is 2.00 bits per heavy atom. The van der Waals surface area contributed by atoms with Crippen molar-refractivity contribution >= 4 is 11.4 Å². The maximum absolute atomic E-state index is 5.76. The molecule has 0 saturated heterocycles. The summed E-state index contributed by atoms with van der Waals surface area (Å²) < 4.78 is 5.14. The van der Waals surface area contributed by atoms with E-state index in [-0.39, 0.29) is 0 Å². The maximum Gasteiger partial charge on any atom is 0.124 e. The van der Waals surface area contributed by atoms with Crippen LogP contribution in [-0.2, 0) is 6.42 Å². The minimum Gasteiger partial charge on any atom is -0.496 e. The van der Waals surface area contributed by atoms with Crippen LogP contribution in [0.5, 0.6) is 5.75 Å². The predicted octanol–water partition coefficient (Wildman–Crippen LogP) is 1.42. The van der Waals surface area contributed by atoms with Crippen LogP contribution in [0.25, 0.3) is 0 Å². The fourth-order valence-electron chi connectivity index (χ4n) is 1.22. The van der Waals surface area contributed by atoms with E-state index < -0.39 is 0 Å². The normalized spacial score (nSPS) is 9.83. The summed E-state index contributed by atoms with van der Waals surface area (Å²) in [5.41, 5.74) is 13.6. The Hall–Kier alpha value is -1.38. The average Bonchev–Trinajstić information content (AvgIpc) is 2.09. The molecule has 0 fully saturated rings. The van der Waals surface area contributed by atoms with E-state index in [4.69, 9.17) is 16.2 Å². The Bertz CT molecular complexity index is 284. The summed E-state index contributed by atoms with van der Waals surface area (Å²) in [4.78, 5) is 0. The molecular formula is C9H14N2O. The smallest absolute Gasteiger partial charge is 0.124 e. The van der Waals surface area contributed by atoms with E-state index in [0.717, 1.165) is 17.7 Å². The van der Waals surface area contributed by atoms with Gasteiger partial charge in [0.05, 0.1) is 18.5 Å². The number of hydrogen-bond donors (Lipinski definition) is 2. The molecular weight excluding hydrogens is 152 g/mol. The summed E-state index contributed by atoms with van der Waals surface area (Å²) in [5.74, 6) is 0.809. The third-order valence-electron chi connectivity index (χ3n) is 1.92. The van der Waals surface area contributed by atoms with Crippen LogP contribution in [0.2, 0.25) is 0 Å². The highest BCUT2D eigenvalue weighted by atomic mass is 16.5. The fourth-order valence-corrected chi connectivity index (χ4v) is 1.22. The van der Waals surface area contributed by atoms with Crippen molar-refractivity contribution in [2.24, 2.45) is 0 Å². The van der Waals surface area contributed by atoms with Crippen LogP contribution in [0.1, 0.15) is 12.5 Å². The molecule has 0 radical (unpaired) electrons. The number of benzene rings is 1. The van der Waals surface area contributed by atoms with Crippen molar-refractivity contribution in [3.05, 3.63) is 17.7 Å². The third-order valence-corrected chi connectivity index (χ3v) is 1.92. The van der Waals surface area contributed by atoms with Gasteiger partial charge in [-0.25, -0.2) is 0 Å². The van der Waals surface area contributed by atoms with Crippen molar-refractivity contribution in [3.8, 4) is 5.75 Å². The zero-order valence-electron chi connectivity index (χ0n) is 7.42. The summed E-state index contributed by atoms with van der Waals surface area (Å²) in [5, 5.41) is 0. The first-order valence-corrected chi connectivity index (χ1v) is 3.91. The van der Waals surface area contributed by atoms with Gasteiger partial charge in [0.1, 0.15) is 5.75 Å². The number of anilines is 2. The van der Waals surface area contributed by atoms with Crippen molar-refractivity contribution in [2.75, 3.05) is 18.6 Å². The molecule has 1 rings (SSSR count). The van der Waals surface area contributed by atoms with Crippen LogP contribution >= 0.6 is 0 Å². The molecule has 3 nitrogen and oxygen atoms in total. The van der Waals surface area contributed by atoms with Gasteiger partial charge in [0.25, 0.3) is 0 Å². The molecule has 0 unspecified atom stereocenters. The minimum atomic E-state index is 0.618. The second-order valence-electron chi connectivity index (χ2n) is 2.60. The molecule has 0 amide bonds. The van der Waals surface area contributed by atoms with Crippen LogP contribution in [0.15, 0.2) is 12.1 Å². The molecule has 12 heavy (non-hydrogen) atoms.